The van der Waals surface area contributed by atoms with E-state index >= 15 is 0 Å². The number of thioether (sulfide) groups is 1. The van der Waals surface area contributed by atoms with Gasteiger partial charge in [-0.05, 0) is 0 Å². The van der Waals surface area contributed by atoms with Gasteiger partial charge in [-0.25, -0.2) is 8.78 Å². The lowest BCUT2D eigenvalue weighted by atomic mass is 9.97. The van der Waals surface area contributed by atoms with Crippen LogP contribution in [-0.2, 0) is 33.3 Å². The molecule has 0 aromatic heterocycles. The Labute approximate surface area is 158 Å². The Morgan fingerprint density at radius 1 is 1.15 bits per heavy atom. The molecule has 27 heavy (non-hydrogen) atoms. The number of amidine groups is 1. The summed E-state index contributed by atoms with van der Waals surface area (Å²) in [6, 6.07) is -0.687. The summed E-state index contributed by atoms with van der Waals surface area (Å²) in [7, 11) is 0. The molecule has 0 aromatic rings. The zero-order valence-electron chi connectivity index (χ0n) is 14.8. The van der Waals surface area contributed by atoms with E-state index in [1.54, 1.807) is 0 Å². The normalized spacial score (nSPS) is 31.2. The van der Waals surface area contributed by atoms with Gasteiger partial charge in [0.1, 0.15) is 30.7 Å². The molecule has 2 aliphatic heterocycles. The number of nitrogens with zero attached hydrogens (tertiary/aromatic N) is 1. The Morgan fingerprint density at radius 2 is 1.78 bits per heavy atom. The molecule has 2 aliphatic rings. The first-order valence-electron chi connectivity index (χ1n) is 8.06. The molecule has 0 aliphatic carbocycles. The van der Waals surface area contributed by atoms with Crippen molar-refractivity contribution in [2.24, 2.45) is 4.99 Å². The number of rotatable bonds is 6. The molecular formula is C15H20F2N2O7S. The standard InChI is InChI=1S/C15H20F2N2O7S/c1-6(20)23-5-9-12(24-7(2)21)13(25-8(3)22)11-14(26-9)27-15(19-11)18-4-10(16)17/h9-14H,4-5H2,1-3H3,(H,18,19)/t9-,11?,12-,13-,14?/m1/s1. The van der Waals surface area contributed by atoms with E-state index < -0.39 is 60.7 Å². The number of halogens is 2. The van der Waals surface area contributed by atoms with Gasteiger partial charge in [0.25, 0.3) is 6.43 Å². The molecule has 0 amide bonds. The molecule has 5 atom stereocenters. The van der Waals surface area contributed by atoms with Crippen molar-refractivity contribution >= 4 is 34.8 Å². The van der Waals surface area contributed by atoms with Gasteiger partial charge in [-0.3, -0.25) is 19.4 Å². The number of ether oxygens (including phenoxy) is 4. The third-order valence-electron chi connectivity index (χ3n) is 3.59. The maximum absolute atomic E-state index is 12.4. The van der Waals surface area contributed by atoms with Crippen LogP contribution in [0.2, 0.25) is 0 Å². The number of esters is 3. The van der Waals surface area contributed by atoms with Crippen molar-refractivity contribution in [1.29, 1.82) is 0 Å². The van der Waals surface area contributed by atoms with E-state index in [2.05, 4.69) is 10.3 Å². The minimum Gasteiger partial charge on any atom is -0.463 e. The van der Waals surface area contributed by atoms with E-state index in [-0.39, 0.29) is 11.8 Å². The molecule has 0 bridgehead atoms. The van der Waals surface area contributed by atoms with Crippen LogP contribution in [0.5, 0.6) is 0 Å². The molecule has 12 heteroatoms. The Morgan fingerprint density at radius 3 is 2.33 bits per heavy atom. The molecule has 1 N–H and O–H groups in total. The molecule has 0 aromatic carbocycles. The van der Waals surface area contributed by atoms with Gasteiger partial charge in [0.05, 0.1) is 0 Å². The third kappa shape index (κ3) is 6.03. The van der Waals surface area contributed by atoms with Gasteiger partial charge in [-0.2, -0.15) is 0 Å². The lowest BCUT2D eigenvalue weighted by Gasteiger charge is -2.41. The number of hydrogen-bond donors (Lipinski definition) is 1. The van der Waals surface area contributed by atoms with E-state index in [9.17, 15) is 23.2 Å². The average molecular weight is 410 g/mol. The second-order valence-electron chi connectivity index (χ2n) is 5.82. The van der Waals surface area contributed by atoms with E-state index in [1.165, 1.54) is 20.8 Å². The number of fused-ring (bicyclic) bond motifs is 1. The largest absolute Gasteiger partial charge is 0.463 e. The minimum absolute atomic E-state index is 0.192. The van der Waals surface area contributed by atoms with Gasteiger partial charge in [0, 0.05) is 20.8 Å². The molecule has 2 heterocycles. The minimum atomic E-state index is -2.61. The monoisotopic (exact) mass is 410 g/mol. The lowest BCUT2D eigenvalue weighted by molar-refractivity contribution is -0.209. The van der Waals surface area contributed by atoms with Gasteiger partial charge in [0.15, 0.2) is 17.4 Å². The Kier molecular flexibility index (Phi) is 7.36. The fraction of sp³-hybridized carbons (Fsp3) is 0.733. The Hall–Kier alpha value is -1.95. The van der Waals surface area contributed by atoms with Crippen LogP contribution in [0.4, 0.5) is 8.78 Å². The van der Waals surface area contributed by atoms with E-state index in [4.69, 9.17) is 18.9 Å². The number of nitrogens with one attached hydrogen (secondary N) is 1. The summed E-state index contributed by atoms with van der Waals surface area (Å²) in [6.07, 6.45) is -5.57. The van der Waals surface area contributed by atoms with Crippen molar-refractivity contribution in [3.8, 4) is 0 Å². The Balaban J connectivity index is 2.25. The fourth-order valence-electron chi connectivity index (χ4n) is 2.68. The highest BCUT2D eigenvalue weighted by Gasteiger charge is 2.53. The molecule has 0 saturated carbocycles. The third-order valence-corrected chi connectivity index (χ3v) is 4.70. The van der Waals surface area contributed by atoms with Crippen LogP contribution in [-0.4, -0.2) is 72.4 Å². The highest BCUT2D eigenvalue weighted by Crippen LogP contribution is 2.36. The quantitative estimate of drug-likeness (QED) is 0.493. The molecule has 2 fully saturated rings. The molecule has 2 rings (SSSR count). The van der Waals surface area contributed by atoms with Crippen LogP contribution >= 0.6 is 11.8 Å². The zero-order chi connectivity index (χ0) is 20.1. The first-order chi connectivity index (χ1) is 12.7. The summed E-state index contributed by atoms with van der Waals surface area (Å²) in [5.74, 6) is -1.85. The van der Waals surface area contributed by atoms with Gasteiger partial charge in [-0.15, -0.1) is 0 Å². The number of alkyl halides is 2. The van der Waals surface area contributed by atoms with Crippen LogP contribution < -0.4 is 5.32 Å². The van der Waals surface area contributed by atoms with Crippen molar-refractivity contribution in [1.82, 2.24) is 5.32 Å². The summed E-state index contributed by atoms with van der Waals surface area (Å²) in [5, 5.41) is 3.06. The highest BCUT2D eigenvalue weighted by atomic mass is 32.2. The second kappa shape index (κ2) is 9.31. The van der Waals surface area contributed by atoms with Crippen LogP contribution in [0.25, 0.3) is 0 Å². The molecule has 152 valence electrons. The van der Waals surface area contributed by atoms with Crippen molar-refractivity contribution in [2.45, 2.75) is 57.0 Å². The van der Waals surface area contributed by atoms with Crippen LogP contribution in [0.1, 0.15) is 20.8 Å². The molecular weight excluding hydrogens is 390 g/mol. The smallest absolute Gasteiger partial charge is 0.303 e. The maximum atomic E-state index is 12.4. The summed E-state index contributed by atoms with van der Waals surface area (Å²) in [4.78, 5) is 37.9. The van der Waals surface area contributed by atoms with Crippen molar-refractivity contribution in [3.63, 3.8) is 0 Å². The van der Waals surface area contributed by atoms with Crippen LogP contribution in [0, 0.1) is 0 Å². The second-order valence-corrected chi connectivity index (χ2v) is 6.91. The zero-order valence-corrected chi connectivity index (χ0v) is 15.7. The van der Waals surface area contributed by atoms with Crippen LogP contribution in [0.15, 0.2) is 4.99 Å². The van der Waals surface area contributed by atoms with Gasteiger partial charge in [-0.1, -0.05) is 11.8 Å². The van der Waals surface area contributed by atoms with Gasteiger partial charge in [0.2, 0.25) is 0 Å². The first-order valence-corrected chi connectivity index (χ1v) is 8.94. The van der Waals surface area contributed by atoms with E-state index in [0.29, 0.717) is 0 Å². The molecule has 2 saturated heterocycles. The maximum Gasteiger partial charge on any atom is 0.303 e. The molecule has 0 spiro atoms. The summed E-state index contributed by atoms with van der Waals surface area (Å²) in [5.41, 5.74) is -0.668. The van der Waals surface area contributed by atoms with Crippen molar-refractivity contribution in [3.05, 3.63) is 0 Å². The number of carbonyl (C=O) groups is 3. The first kappa shape index (κ1) is 21.4. The molecule has 2 unspecified atom stereocenters. The number of aliphatic imine (C=N–C) groups is 1. The van der Waals surface area contributed by atoms with Gasteiger partial charge >= 0.3 is 17.9 Å². The summed E-state index contributed by atoms with van der Waals surface area (Å²) < 4.78 is 46.1. The van der Waals surface area contributed by atoms with Gasteiger partial charge < -0.3 is 24.3 Å². The van der Waals surface area contributed by atoms with Crippen molar-refractivity contribution < 1.29 is 42.1 Å². The number of hydrogen-bond acceptors (Lipinski definition) is 9. The predicted molar refractivity (Wildman–Crippen MR) is 89.2 cm³/mol. The lowest BCUT2D eigenvalue weighted by Crippen LogP contribution is -2.62. The molecule has 9 nitrogen and oxygen atoms in total. The summed E-state index contributed by atoms with van der Waals surface area (Å²) >= 11 is 1.04. The van der Waals surface area contributed by atoms with E-state index in [1.807, 2.05) is 0 Å². The average Bonchev–Trinajstić information content (AvgIpc) is 2.95. The van der Waals surface area contributed by atoms with Crippen molar-refractivity contribution in [2.75, 3.05) is 13.2 Å². The molecule has 0 radical (unpaired) electrons. The predicted octanol–water partition coefficient (Wildman–Crippen LogP) is 0.464. The number of carbonyl (C=O) groups excluding carboxylic acids is 3. The van der Waals surface area contributed by atoms with E-state index in [0.717, 1.165) is 11.8 Å². The SMILES string of the molecule is CC(=O)OC[C@H]1OC2SC(=NCC(F)F)NC2[C@@H](OC(C)=O)[C@@H]1OC(C)=O. The Bertz CT molecular complexity index is 619. The summed E-state index contributed by atoms with van der Waals surface area (Å²) in [6.45, 7) is 2.63. The highest BCUT2D eigenvalue weighted by molar-refractivity contribution is 8.14. The topological polar surface area (TPSA) is 113 Å². The van der Waals surface area contributed by atoms with Crippen LogP contribution in [0.3, 0.4) is 0 Å². The fourth-order valence-corrected chi connectivity index (χ4v) is 3.82.